The van der Waals surface area contributed by atoms with Crippen LogP contribution in [0.3, 0.4) is 0 Å². The van der Waals surface area contributed by atoms with Crippen LogP contribution < -0.4 is 4.74 Å². The molecule has 1 heterocycles. The minimum Gasteiger partial charge on any atom is -0.495 e. The first kappa shape index (κ1) is 21.4. The molecule has 0 atom stereocenters. The SMILES string of the molecule is COc1ccc(C(=O)O)cc1S(=O)(=O)Cc1cc(C(F)(F)F)ccc1-c1ccoc1. The highest BCUT2D eigenvalue weighted by Crippen LogP contribution is 2.36. The Morgan fingerprint density at radius 3 is 2.43 bits per heavy atom. The normalized spacial score (nSPS) is 12.0. The molecule has 3 aromatic rings. The molecule has 10 heteroatoms. The highest BCUT2D eigenvalue weighted by atomic mass is 32.2. The first-order chi connectivity index (χ1) is 14.0. The number of aromatic carboxylic acids is 1. The van der Waals surface area contributed by atoms with Gasteiger partial charge in [0, 0.05) is 5.56 Å². The second-order valence-electron chi connectivity index (χ2n) is 6.31. The molecule has 0 aliphatic carbocycles. The summed E-state index contributed by atoms with van der Waals surface area (Å²) in [4.78, 5) is 10.8. The largest absolute Gasteiger partial charge is 0.495 e. The number of carboxylic acid groups (broad SMARTS) is 1. The molecule has 0 aliphatic rings. The van der Waals surface area contributed by atoms with Gasteiger partial charge in [-0.05, 0) is 47.5 Å². The van der Waals surface area contributed by atoms with Crippen LogP contribution in [-0.2, 0) is 21.8 Å². The Kier molecular flexibility index (Phi) is 5.62. The van der Waals surface area contributed by atoms with E-state index in [1.807, 2.05) is 0 Å². The Hall–Kier alpha value is -3.27. The van der Waals surface area contributed by atoms with E-state index in [0.29, 0.717) is 5.56 Å². The van der Waals surface area contributed by atoms with Crippen LogP contribution in [0.4, 0.5) is 13.2 Å². The van der Waals surface area contributed by atoms with Crippen LogP contribution in [0.15, 0.2) is 64.3 Å². The zero-order valence-corrected chi connectivity index (χ0v) is 16.3. The summed E-state index contributed by atoms with van der Waals surface area (Å²) in [5, 5.41) is 9.15. The predicted octanol–water partition coefficient (Wildman–Crippen LogP) is 4.65. The number of carboxylic acids is 1. The van der Waals surface area contributed by atoms with E-state index >= 15 is 0 Å². The van der Waals surface area contributed by atoms with Crippen LogP contribution in [-0.4, -0.2) is 26.6 Å². The van der Waals surface area contributed by atoms with Crippen molar-refractivity contribution in [3.63, 3.8) is 0 Å². The average molecular weight is 440 g/mol. The van der Waals surface area contributed by atoms with Crippen molar-refractivity contribution in [1.29, 1.82) is 0 Å². The topological polar surface area (TPSA) is 93.8 Å². The van der Waals surface area contributed by atoms with Gasteiger partial charge in [-0.15, -0.1) is 0 Å². The fourth-order valence-electron chi connectivity index (χ4n) is 2.92. The zero-order chi connectivity index (χ0) is 22.1. The summed E-state index contributed by atoms with van der Waals surface area (Å²) in [6.45, 7) is 0. The Bertz CT molecular complexity index is 1180. The van der Waals surface area contributed by atoms with Crippen LogP contribution in [0.1, 0.15) is 21.5 Å². The fourth-order valence-corrected chi connectivity index (χ4v) is 4.49. The second-order valence-corrected chi connectivity index (χ2v) is 8.27. The third kappa shape index (κ3) is 4.33. The molecule has 0 saturated heterocycles. The summed E-state index contributed by atoms with van der Waals surface area (Å²) in [6, 6.07) is 7.54. The van der Waals surface area contributed by atoms with Gasteiger partial charge < -0.3 is 14.3 Å². The molecule has 2 aromatic carbocycles. The van der Waals surface area contributed by atoms with Crippen molar-refractivity contribution in [2.24, 2.45) is 0 Å². The quantitative estimate of drug-likeness (QED) is 0.600. The van der Waals surface area contributed by atoms with E-state index in [9.17, 15) is 26.4 Å². The lowest BCUT2D eigenvalue weighted by molar-refractivity contribution is -0.137. The van der Waals surface area contributed by atoms with Gasteiger partial charge in [0.15, 0.2) is 9.84 Å². The van der Waals surface area contributed by atoms with E-state index in [1.165, 1.54) is 43.9 Å². The van der Waals surface area contributed by atoms with Gasteiger partial charge in [-0.3, -0.25) is 0 Å². The highest BCUT2D eigenvalue weighted by Gasteiger charge is 2.32. The van der Waals surface area contributed by atoms with Crippen LogP contribution >= 0.6 is 0 Å². The maximum absolute atomic E-state index is 13.2. The smallest absolute Gasteiger partial charge is 0.416 e. The van der Waals surface area contributed by atoms with Crippen molar-refractivity contribution in [3.05, 3.63) is 71.7 Å². The van der Waals surface area contributed by atoms with Crippen LogP contribution in [0.5, 0.6) is 5.75 Å². The summed E-state index contributed by atoms with van der Waals surface area (Å²) in [5.41, 5.74) is -0.775. The van der Waals surface area contributed by atoms with Crippen molar-refractivity contribution in [2.45, 2.75) is 16.8 Å². The van der Waals surface area contributed by atoms with E-state index in [1.54, 1.807) is 0 Å². The number of halogens is 3. The first-order valence-corrected chi connectivity index (χ1v) is 10.0. The van der Waals surface area contributed by atoms with Crippen molar-refractivity contribution >= 4 is 15.8 Å². The minimum atomic E-state index is -4.67. The highest BCUT2D eigenvalue weighted by molar-refractivity contribution is 7.90. The van der Waals surface area contributed by atoms with Gasteiger partial charge in [-0.25, -0.2) is 13.2 Å². The Labute approximate surface area is 169 Å². The summed E-state index contributed by atoms with van der Waals surface area (Å²) >= 11 is 0. The lowest BCUT2D eigenvalue weighted by Gasteiger charge is -2.15. The summed E-state index contributed by atoms with van der Waals surface area (Å²) in [6.07, 6.45) is -2.08. The number of benzene rings is 2. The number of sulfone groups is 1. The van der Waals surface area contributed by atoms with E-state index in [2.05, 4.69) is 0 Å². The molecule has 0 radical (unpaired) electrons. The molecule has 0 fully saturated rings. The molecule has 158 valence electrons. The number of furan rings is 1. The number of rotatable bonds is 6. The molecule has 1 aromatic heterocycles. The number of ether oxygens (including phenoxy) is 1. The number of carbonyl (C=O) groups is 1. The van der Waals surface area contributed by atoms with E-state index < -0.39 is 38.2 Å². The van der Waals surface area contributed by atoms with Gasteiger partial charge in [0.1, 0.15) is 10.6 Å². The first-order valence-electron chi connectivity index (χ1n) is 8.39. The molecule has 1 N–H and O–H groups in total. The molecular formula is C20H15F3O6S. The maximum atomic E-state index is 13.2. The summed E-state index contributed by atoms with van der Waals surface area (Å²) in [5.74, 6) is -2.28. The van der Waals surface area contributed by atoms with Gasteiger partial charge in [0.05, 0.1) is 36.5 Å². The van der Waals surface area contributed by atoms with Gasteiger partial charge >= 0.3 is 12.1 Å². The lowest BCUT2D eigenvalue weighted by Crippen LogP contribution is -2.11. The zero-order valence-electron chi connectivity index (χ0n) is 15.4. The Morgan fingerprint density at radius 1 is 1.13 bits per heavy atom. The third-order valence-electron chi connectivity index (χ3n) is 4.36. The molecule has 0 saturated carbocycles. The van der Waals surface area contributed by atoms with Gasteiger partial charge in [0.2, 0.25) is 0 Å². The van der Waals surface area contributed by atoms with Crippen LogP contribution in [0.25, 0.3) is 11.1 Å². The van der Waals surface area contributed by atoms with E-state index in [-0.39, 0.29) is 22.4 Å². The fraction of sp³-hybridized carbons (Fsp3) is 0.150. The van der Waals surface area contributed by atoms with Gasteiger partial charge in [-0.2, -0.15) is 13.2 Å². The van der Waals surface area contributed by atoms with Crippen molar-refractivity contribution in [2.75, 3.05) is 7.11 Å². The van der Waals surface area contributed by atoms with Gasteiger partial charge in [0.25, 0.3) is 0 Å². The molecular weight excluding hydrogens is 425 g/mol. The molecule has 0 unspecified atom stereocenters. The summed E-state index contributed by atoms with van der Waals surface area (Å²) < 4.78 is 75.7. The lowest BCUT2D eigenvalue weighted by atomic mass is 10.0. The number of hydrogen-bond acceptors (Lipinski definition) is 5. The van der Waals surface area contributed by atoms with Crippen molar-refractivity contribution in [1.82, 2.24) is 0 Å². The van der Waals surface area contributed by atoms with E-state index in [0.717, 1.165) is 18.2 Å². The maximum Gasteiger partial charge on any atom is 0.416 e. The average Bonchev–Trinajstić information content (AvgIpc) is 3.20. The van der Waals surface area contributed by atoms with Gasteiger partial charge in [-0.1, -0.05) is 6.07 Å². The minimum absolute atomic E-state index is 0.114. The number of hydrogen-bond donors (Lipinski definition) is 1. The molecule has 0 amide bonds. The van der Waals surface area contributed by atoms with E-state index in [4.69, 9.17) is 14.3 Å². The standard InChI is InChI=1S/C20H15F3O6S/c1-28-17-5-2-12(19(24)25)9-18(17)30(26,27)11-14-8-15(20(21,22)23)3-4-16(14)13-6-7-29-10-13/h2-10H,11H2,1H3,(H,24,25). The number of alkyl halides is 3. The summed E-state index contributed by atoms with van der Waals surface area (Å²) in [7, 11) is -3.07. The van der Waals surface area contributed by atoms with Crippen molar-refractivity contribution < 1.29 is 40.6 Å². The van der Waals surface area contributed by atoms with Crippen LogP contribution in [0, 0.1) is 0 Å². The predicted molar refractivity (Wildman–Crippen MR) is 100.0 cm³/mol. The Morgan fingerprint density at radius 2 is 1.87 bits per heavy atom. The molecule has 30 heavy (non-hydrogen) atoms. The van der Waals surface area contributed by atoms with Crippen molar-refractivity contribution in [3.8, 4) is 16.9 Å². The molecule has 3 rings (SSSR count). The third-order valence-corrected chi connectivity index (χ3v) is 6.04. The monoisotopic (exact) mass is 440 g/mol. The second kappa shape index (κ2) is 7.86. The van der Waals surface area contributed by atoms with Crippen LogP contribution in [0.2, 0.25) is 0 Å². The molecule has 0 aliphatic heterocycles. The number of methoxy groups -OCH3 is 1. The molecule has 0 spiro atoms. The Balaban J connectivity index is 2.15. The molecule has 0 bridgehead atoms. The molecule has 6 nitrogen and oxygen atoms in total.